The number of hydrogen-bond acceptors (Lipinski definition) is 7. The van der Waals surface area contributed by atoms with Crippen molar-refractivity contribution < 1.29 is 33.6 Å². The summed E-state index contributed by atoms with van der Waals surface area (Å²) in [5.74, 6) is 1.93. The zero-order valence-electron chi connectivity index (χ0n) is 21.5. The number of alkyl halides is 1. The van der Waals surface area contributed by atoms with E-state index in [0.717, 1.165) is 5.75 Å². The summed E-state index contributed by atoms with van der Waals surface area (Å²) in [4.78, 5) is 14.8. The number of rotatable bonds is 16. The van der Waals surface area contributed by atoms with Crippen LogP contribution in [0.15, 0.2) is 48.5 Å². The number of aliphatic hydroxyl groups is 2. The number of aliphatic hydroxyl groups excluding tert-OH is 2. The first kappa shape index (κ1) is 28.7. The summed E-state index contributed by atoms with van der Waals surface area (Å²) in [6.45, 7) is 2.11. The third-order valence-corrected chi connectivity index (χ3v) is 6.32. The average molecular weight is 519 g/mol. The molecule has 3 N–H and O–H groups in total. The van der Waals surface area contributed by atoms with Crippen molar-refractivity contribution >= 4 is 5.91 Å². The molecule has 2 aromatic rings. The minimum absolute atomic E-state index is 0.171. The second-order valence-corrected chi connectivity index (χ2v) is 9.26. The number of unbranched alkanes of at least 4 members (excludes halogenated alkanes) is 1. The standard InChI is InChI=1S/C28H39FN2O6/c1-35-23-10-12-25(13-11-23)37-18-4-5-27(33)30-26(20-31-16-14-22(32)19-31)28(34)21-6-8-24(9-7-21)36-17-3-2-15-29/h6-13,22,26,28,32,34H,2-5,14-20H2,1H3,(H,30,33)/t22?,26-,28-/m1/s1. The Balaban J connectivity index is 1.52. The van der Waals surface area contributed by atoms with Gasteiger partial charge in [-0.25, -0.2) is 0 Å². The first-order valence-corrected chi connectivity index (χ1v) is 12.9. The van der Waals surface area contributed by atoms with Crippen LogP contribution in [0.25, 0.3) is 0 Å². The lowest BCUT2D eigenvalue weighted by Gasteiger charge is -2.29. The van der Waals surface area contributed by atoms with Crippen molar-refractivity contribution in [2.24, 2.45) is 0 Å². The normalized spacial score (nSPS) is 17.2. The van der Waals surface area contributed by atoms with Crippen LogP contribution >= 0.6 is 0 Å². The molecule has 1 unspecified atom stereocenters. The lowest BCUT2D eigenvalue weighted by Crippen LogP contribution is -2.47. The van der Waals surface area contributed by atoms with Gasteiger partial charge >= 0.3 is 0 Å². The molecular formula is C28H39FN2O6. The fourth-order valence-electron chi connectivity index (χ4n) is 4.23. The van der Waals surface area contributed by atoms with Crippen LogP contribution in [0.1, 0.15) is 43.8 Å². The molecule has 37 heavy (non-hydrogen) atoms. The first-order valence-electron chi connectivity index (χ1n) is 12.9. The Morgan fingerprint density at radius 3 is 2.24 bits per heavy atom. The number of benzene rings is 2. The van der Waals surface area contributed by atoms with Crippen LogP contribution in [-0.4, -0.2) is 79.8 Å². The van der Waals surface area contributed by atoms with E-state index in [1.54, 1.807) is 31.4 Å². The lowest BCUT2D eigenvalue weighted by atomic mass is 10.0. The summed E-state index contributed by atoms with van der Waals surface area (Å²) in [6.07, 6.45) is 1.24. The van der Waals surface area contributed by atoms with Crippen molar-refractivity contribution in [3.05, 3.63) is 54.1 Å². The molecular weight excluding hydrogens is 479 g/mol. The molecule has 3 atom stereocenters. The van der Waals surface area contributed by atoms with E-state index in [-0.39, 0.29) is 19.0 Å². The van der Waals surface area contributed by atoms with Gasteiger partial charge in [-0.1, -0.05) is 12.1 Å². The molecule has 3 rings (SSSR count). The van der Waals surface area contributed by atoms with Crippen molar-refractivity contribution in [3.8, 4) is 17.2 Å². The number of carbonyl (C=O) groups is 1. The van der Waals surface area contributed by atoms with Gasteiger partial charge in [0.1, 0.15) is 23.4 Å². The Morgan fingerprint density at radius 1 is 1.03 bits per heavy atom. The molecule has 1 fully saturated rings. The minimum Gasteiger partial charge on any atom is -0.497 e. The molecule has 0 aromatic heterocycles. The zero-order chi connectivity index (χ0) is 26.5. The fourth-order valence-corrected chi connectivity index (χ4v) is 4.23. The van der Waals surface area contributed by atoms with Crippen LogP contribution in [0.4, 0.5) is 4.39 Å². The molecule has 1 amide bonds. The highest BCUT2D eigenvalue weighted by atomic mass is 19.1. The van der Waals surface area contributed by atoms with Crippen LogP contribution in [0.5, 0.6) is 17.2 Å². The van der Waals surface area contributed by atoms with Gasteiger partial charge in [0.2, 0.25) is 5.91 Å². The molecule has 1 aliphatic heterocycles. The van der Waals surface area contributed by atoms with E-state index in [1.807, 2.05) is 29.2 Å². The van der Waals surface area contributed by atoms with Gasteiger partial charge in [0.25, 0.3) is 0 Å². The summed E-state index contributed by atoms with van der Waals surface area (Å²) in [5, 5.41) is 24.0. The average Bonchev–Trinajstić information content (AvgIpc) is 3.33. The van der Waals surface area contributed by atoms with E-state index in [4.69, 9.17) is 14.2 Å². The Labute approximate surface area is 218 Å². The van der Waals surface area contributed by atoms with E-state index in [2.05, 4.69) is 5.32 Å². The molecule has 1 saturated heterocycles. The molecule has 1 aliphatic rings. The van der Waals surface area contributed by atoms with E-state index in [0.29, 0.717) is 75.6 Å². The van der Waals surface area contributed by atoms with Crippen LogP contribution in [0.2, 0.25) is 0 Å². The van der Waals surface area contributed by atoms with Gasteiger partial charge in [0.05, 0.1) is 39.1 Å². The minimum atomic E-state index is -0.933. The Kier molecular flexibility index (Phi) is 11.9. The third-order valence-electron chi connectivity index (χ3n) is 6.32. The van der Waals surface area contributed by atoms with Crippen LogP contribution in [0, 0.1) is 0 Å². The van der Waals surface area contributed by atoms with Crippen molar-refractivity contribution in [2.75, 3.05) is 46.6 Å². The summed E-state index contributed by atoms with van der Waals surface area (Å²) < 4.78 is 28.7. The van der Waals surface area contributed by atoms with Gasteiger partial charge in [0.15, 0.2) is 0 Å². The SMILES string of the molecule is COc1ccc(OCCCC(=O)N[C@H](CN2CCC(O)C2)[C@H](O)c2ccc(OCCCCF)cc2)cc1. The maximum absolute atomic E-state index is 12.7. The van der Waals surface area contributed by atoms with Crippen LogP contribution in [0.3, 0.4) is 0 Å². The second kappa shape index (κ2) is 15.4. The molecule has 0 bridgehead atoms. The lowest BCUT2D eigenvalue weighted by molar-refractivity contribution is -0.123. The van der Waals surface area contributed by atoms with Gasteiger partial charge in [-0.15, -0.1) is 0 Å². The predicted molar refractivity (Wildman–Crippen MR) is 139 cm³/mol. The number of β-amino-alcohol motifs (C(OH)–C–C–N with tert-alkyl or cyclic N) is 1. The Morgan fingerprint density at radius 2 is 1.65 bits per heavy atom. The number of carbonyl (C=O) groups excluding carboxylic acids is 1. The van der Waals surface area contributed by atoms with Crippen molar-refractivity contribution in [1.82, 2.24) is 10.2 Å². The summed E-state index contributed by atoms with van der Waals surface area (Å²) in [7, 11) is 1.60. The quantitative estimate of drug-likeness (QED) is 0.293. The Bertz CT molecular complexity index is 927. The largest absolute Gasteiger partial charge is 0.497 e. The number of amides is 1. The van der Waals surface area contributed by atoms with Gasteiger partial charge in [-0.05, 0) is 67.6 Å². The van der Waals surface area contributed by atoms with E-state index in [9.17, 15) is 19.4 Å². The monoisotopic (exact) mass is 518 g/mol. The third kappa shape index (κ3) is 9.83. The van der Waals surface area contributed by atoms with Gasteiger partial charge in [-0.2, -0.15) is 0 Å². The van der Waals surface area contributed by atoms with Gasteiger partial charge in [0, 0.05) is 26.1 Å². The Hall–Kier alpha value is -2.88. The number of methoxy groups -OCH3 is 1. The van der Waals surface area contributed by atoms with Crippen LogP contribution in [-0.2, 0) is 4.79 Å². The van der Waals surface area contributed by atoms with Crippen LogP contribution < -0.4 is 19.5 Å². The topological polar surface area (TPSA) is 100 Å². The highest BCUT2D eigenvalue weighted by Crippen LogP contribution is 2.23. The molecule has 1 heterocycles. The number of ether oxygens (including phenoxy) is 3. The summed E-state index contributed by atoms with van der Waals surface area (Å²) in [6, 6.07) is 13.8. The maximum Gasteiger partial charge on any atom is 0.220 e. The second-order valence-electron chi connectivity index (χ2n) is 9.26. The van der Waals surface area contributed by atoms with Gasteiger partial charge < -0.3 is 29.7 Å². The number of hydrogen-bond donors (Lipinski definition) is 3. The smallest absolute Gasteiger partial charge is 0.220 e. The molecule has 0 radical (unpaired) electrons. The number of nitrogens with zero attached hydrogens (tertiary/aromatic N) is 1. The highest BCUT2D eigenvalue weighted by molar-refractivity contribution is 5.76. The molecule has 0 aliphatic carbocycles. The van der Waals surface area contributed by atoms with E-state index < -0.39 is 18.2 Å². The maximum atomic E-state index is 12.7. The molecule has 0 spiro atoms. The van der Waals surface area contributed by atoms with E-state index >= 15 is 0 Å². The first-order chi connectivity index (χ1) is 18.0. The number of likely N-dealkylation sites (tertiary alicyclic amines) is 1. The number of halogens is 1. The molecule has 204 valence electrons. The van der Waals surface area contributed by atoms with Crippen molar-refractivity contribution in [2.45, 2.75) is 50.4 Å². The van der Waals surface area contributed by atoms with E-state index in [1.165, 1.54) is 0 Å². The predicted octanol–water partition coefficient (Wildman–Crippen LogP) is 3.27. The van der Waals surface area contributed by atoms with Crippen molar-refractivity contribution in [3.63, 3.8) is 0 Å². The molecule has 9 heteroatoms. The summed E-state index contributed by atoms with van der Waals surface area (Å²) in [5.41, 5.74) is 0.656. The highest BCUT2D eigenvalue weighted by Gasteiger charge is 2.28. The summed E-state index contributed by atoms with van der Waals surface area (Å²) >= 11 is 0. The molecule has 0 saturated carbocycles. The fraction of sp³-hybridized carbons (Fsp3) is 0.536. The number of nitrogens with one attached hydrogen (secondary N) is 1. The zero-order valence-corrected chi connectivity index (χ0v) is 21.5. The van der Waals surface area contributed by atoms with Crippen molar-refractivity contribution in [1.29, 1.82) is 0 Å². The van der Waals surface area contributed by atoms with Gasteiger partial charge in [-0.3, -0.25) is 14.1 Å². The molecule has 2 aromatic carbocycles. The molecule has 8 nitrogen and oxygen atoms in total.